The van der Waals surface area contributed by atoms with Crippen molar-refractivity contribution in [3.63, 3.8) is 0 Å². The fourth-order valence-corrected chi connectivity index (χ4v) is 4.45. The lowest BCUT2D eigenvalue weighted by molar-refractivity contribution is -0.130. The Kier molecular flexibility index (Phi) is 6.14. The first-order valence-electron chi connectivity index (χ1n) is 8.94. The number of carbonyl (C=O) groups is 2. The van der Waals surface area contributed by atoms with Crippen LogP contribution in [-0.4, -0.2) is 62.2 Å². The summed E-state index contributed by atoms with van der Waals surface area (Å²) in [5.41, 5.74) is 6.22. The Labute approximate surface area is 168 Å². The fraction of sp³-hybridized carbons (Fsp3) is 0.263. The van der Waals surface area contributed by atoms with Crippen LogP contribution in [0.4, 0.5) is 10.1 Å². The summed E-state index contributed by atoms with van der Waals surface area (Å²) in [5.74, 6) is -1.32. The first-order chi connectivity index (χ1) is 13.8. The Morgan fingerprint density at radius 2 is 1.69 bits per heavy atom. The number of nitrogens with one attached hydrogen (secondary N) is 1. The van der Waals surface area contributed by atoms with E-state index in [1.807, 2.05) is 0 Å². The Bertz CT molecular complexity index is 1000. The average Bonchev–Trinajstić information content (AvgIpc) is 2.72. The number of hydrogen-bond donors (Lipinski definition) is 2. The van der Waals surface area contributed by atoms with E-state index >= 15 is 0 Å². The molecule has 1 saturated heterocycles. The minimum absolute atomic E-state index is 0.0343. The monoisotopic (exact) mass is 420 g/mol. The number of halogens is 1. The van der Waals surface area contributed by atoms with E-state index in [0.29, 0.717) is 11.3 Å². The summed E-state index contributed by atoms with van der Waals surface area (Å²) < 4.78 is 39.8. The lowest BCUT2D eigenvalue weighted by Gasteiger charge is -2.34. The summed E-state index contributed by atoms with van der Waals surface area (Å²) in [6.45, 7) is 0.799. The third kappa shape index (κ3) is 4.90. The molecule has 0 atom stereocenters. The second kappa shape index (κ2) is 8.58. The van der Waals surface area contributed by atoms with Gasteiger partial charge in [0, 0.05) is 37.4 Å². The van der Waals surface area contributed by atoms with Crippen LogP contribution in [0, 0.1) is 5.82 Å². The molecule has 1 fully saturated rings. The van der Waals surface area contributed by atoms with Gasteiger partial charge in [-0.2, -0.15) is 4.31 Å². The molecular weight excluding hydrogens is 399 g/mol. The van der Waals surface area contributed by atoms with E-state index in [9.17, 15) is 22.4 Å². The molecule has 10 heteroatoms. The molecule has 29 heavy (non-hydrogen) atoms. The average molecular weight is 420 g/mol. The first-order valence-corrected chi connectivity index (χ1v) is 10.4. The molecule has 0 aliphatic carbocycles. The largest absolute Gasteiger partial charge is 0.376 e. The first kappa shape index (κ1) is 20.7. The maximum atomic E-state index is 13.4. The number of hydrogen-bond acceptors (Lipinski definition) is 5. The van der Waals surface area contributed by atoms with Crippen molar-refractivity contribution in [1.82, 2.24) is 9.21 Å². The van der Waals surface area contributed by atoms with Crippen molar-refractivity contribution in [3.05, 3.63) is 59.9 Å². The van der Waals surface area contributed by atoms with Crippen LogP contribution in [-0.2, 0) is 14.8 Å². The second-order valence-corrected chi connectivity index (χ2v) is 8.48. The van der Waals surface area contributed by atoms with Crippen LogP contribution in [0.25, 0.3) is 0 Å². The molecule has 0 saturated carbocycles. The van der Waals surface area contributed by atoms with E-state index in [1.54, 1.807) is 29.2 Å². The van der Waals surface area contributed by atoms with Crippen molar-refractivity contribution < 1.29 is 22.4 Å². The number of sulfonamides is 1. The van der Waals surface area contributed by atoms with Gasteiger partial charge in [0.25, 0.3) is 0 Å². The van der Waals surface area contributed by atoms with Gasteiger partial charge in [-0.3, -0.25) is 9.59 Å². The van der Waals surface area contributed by atoms with Crippen LogP contribution in [0.15, 0.2) is 53.4 Å². The molecule has 0 aromatic heterocycles. The van der Waals surface area contributed by atoms with Crippen molar-refractivity contribution >= 4 is 27.5 Å². The molecule has 0 bridgehead atoms. The molecule has 3 N–H and O–H groups in total. The van der Waals surface area contributed by atoms with Gasteiger partial charge in [0.15, 0.2) is 0 Å². The second-order valence-electron chi connectivity index (χ2n) is 6.54. The van der Waals surface area contributed by atoms with Gasteiger partial charge < -0.3 is 16.0 Å². The number of anilines is 1. The SMILES string of the molecule is NC(=O)c1ccc(NCC(=O)N2CCN(S(=O)(=O)c3cccc(F)c3)CC2)cc1. The van der Waals surface area contributed by atoms with Crippen LogP contribution in [0.5, 0.6) is 0 Å². The van der Waals surface area contributed by atoms with Crippen molar-refractivity contribution in [2.24, 2.45) is 5.73 Å². The summed E-state index contributed by atoms with van der Waals surface area (Å²) in [6, 6.07) is 11.3. The minimum atomic E-state index is -3.80. The maximum Gasteiger partial charge on any atom is 0.248 e. The van der Waals surface area contributed by atoms with Gasteiger partial charge in [-0.25, -0.2) is 12.8 Å². The standard InChI is InChI=1S/C19H21FN4O4S/c20-15-2-1-3-17(12-15)29(27,28)24-10-8-23(9-11-24)18(25)13-22-16-6-4-14(5-7-16)19(21)26/h1-7,12,22H,8-11,13H2,(H2,21,26). The molecule has 154 valence electrons. The van der Waals surface area contributed by atoms with Gasteiger partial charge in [-0.05, 0) is 42.5 Å². The predicted molar refractivity (Wildman–Crippen MR) is 105 cm³/mol. The normalized spacial score (nSPS) is 15.1. The summed E-state index contributed by atoms with van der Waals surface area (Å²) in [6.07, 6.45) is 0. The number of carbonyl (C=O) groups excluding carboxylic acids is 2. The molecule has 2 aromatic rings. The van der Waals surface area contributed by atoms with Crippen LogP contribution < -0.4 is 11.1 Å². The number of amides is 2. The highest BCUT2D eigenvalue weighted by Gasteiger charge is 2.30. The van der Waals surface area contributed by atoms with Crippen molar-refractivity contribution in [2.75, 3.05) is 38.0 Å². The zero-order valence-electron chi connectivity index (χ0n) is 15.5. The molecule has 3 rings (SSSR count). The summed E-state index contributed by atoms with van der Waals surface area (Å²) in [4.78, 5) is 24.9. The number of benzene rings is 2. The maximum absolute atomic E-state index is 13.4. The number of primary amides is 1. The zero-order chi connectivity index (χ0) is 21.0. The van der Waals surface area contributed by atoms with E-state index in [0.717, 1.165) is 6.07 Å². The highest BCUT2D eigenvalue weighted by atomic mass is 32.2. The highest BCUT2D eigenvalue weighted by Crippen LogP contribution is 2.18. The minimum Gasteiger partial charge on any atom is -0.376 e. The van der Waals surface area contributed by atoms with E-state index in [2.05, 4.69) is 5.32 Å². The molecule has 2 amide bonds. The van der Waals surface area contributed by atoms with Crippen LogP contribution in [0.3, 0.4) is 0 Å². The lowest BCUT2D eigenvalue weighted by Crippen LogP contribution is -2.51. The quantitative estimate of drug-likeness (QED) is 0.720. The molecule has 1 aliphatic heterocycles. The zero-order valence-corrected chi connectivity index (χ0v) is 16.4. The predicted octanol–water partition coefficient (Wildman–Crippen LogP) is 0.870. The molecule has 0 radical (unpaired) electrons. The highest BCUT2D eigenvalue weighted by molar-refractivity contribution is 7.89. The summed E-state index contributed by atoms with van der Waals surface area (Å²) in [5, 5.41) is 2.96. The van der Waals surface area contributed by atoms with Crippen molar-refractivity contribution in [3.8, 4) is 0 Å². The Morgan fingerprint density at radius 3 is 2.28 bits per heavy atom. The van der Waals surface area contributed by atoms with Gasteiger partial charge in [-0.15, -0.1) is 0 Å². The Hall–Kier alpha value is -2.98. The topological polar surface area (TPSA) is 113 Å². The Morgan fingerprint density at radius 1 is 1.03 bits per heavy atom. The number of nitrogens with zero attached hydrogens (tertiary/aromatic N) is 2. The van der Waals surface area contributed by atoms with Crippen molar-refractivity contribution in [2.45, 2.75) is 4.90 Å². The number of piperazine rings is 1. The Balaban J connectivity index is 1.53. The third-order valence-electron chi connectivity index (χ3n) is 4.64. The van der Waals surface area contributed by atoms with Crippen molar-refractivity contribution in [1.29, 1.82) is 0 Å². The molecule has 2 aromatic carbocycles. The van der Waals surface area contributed by atoms with Gasteiger partial charge >= 0.3 is 0 Å². The number of rotatable bonds is 6. The van der Waals surface area contributed by atoms with Gasteiger partial charge in [0.2, 0.25) is 21.8 Å². The smallest absolute Gasteiger partial charge is 0.248 e. The molecular formula is C19H21FN4O4S. The molecule has 1 aliphatic rings. The van der Waals surface area contributed by atoms with Crippen LogP contribution in [0.1, 0.15) is 10.4 Å². The van der Waals surface area contributed by atoms with E-state index in [-0.39, 0.29) is 43.5 Å². The van der Waals surface area contributed by atoms with Crippen LogP contribution in [0.2, 0.25) is 0 Å². The van der Waals surface area contributed by atoms with Gasteiger partial charge in [0.05, 0.1) is 11.4 Å². The van der Waals surface area contributed by atoms with Gasteiger partial charge in [0.1, 0.15) is 5.82 Å². The number of nitrogens with two attached hydrogens (primary N) is 1. The molecule has 0 unspecified atom stereocenters. The fourth-order valence-electron chi connectivity index (χ4n) is 3.00. The molecule has 1 heterocycles. The lowest BCUT2D eigenvalue weighted by atomic mass is 10.2. The third-order valence-corrected chi connectivity index (χ3v) is 6.53. The van der Waals surface area contributed by atoms with E-state index in [4.69, 9.17) is 5.73 Å². The summed E-state index contributed by atoms with van der Waals surface area (Å²) >= 11 is 0. The summed E-state index contributed by atoms with van der Waals surface area (Å²) in [7, 11) is -3.80. The van der Waals surface area contributed by atoms with Crippen LogP contribution >= 0.6 is 0 Å². The van der Waals surface area contributed by atoms with E-state index < -0.39 is 21.7 Å². The van der Waals surface area contributed by atoms with E-state index in [1.165, 1.54) is 22.5 Å². The molecule has 0 spiro atoms. The van der Waals surface area contributed by atoms with Gasteiger partial charge in [-0.1, -0.05) is 6.07 Å². The molecule has 8 nitrogen and oxygen atoms in total.